The van der Waals surface area contributed by atoms with Crippen LogP contribution in [0.25, 0.3) is 11.1 Å². The summed E-state index contributed by atoms with van der Waals surface area (Å²) < 4.78 is 48.6. The molecule has 1 atom stereocenters. The van der Waals surface area contributed by atoms with Gasteiger partial charge in [0.1, 0.15) is 30.5 Å². The number of carbonyl (C=O) groups excluding carboxylic acids is 1. The second kappa shape index (κ2) is 9.11. The molecule has 0 bridgehead atoms. The molecule has 31 heavy (non-hydrogen) atoms. The maximum absolute atomic E-state index is 12.5. The Hall–Kier alpha value is -3.50. The van der Waals surface area contributed by atoms with Crippen molar-refractivity contribution in [2.45, 2.75) is 38.6 Å². The van der Waals surface area contributed by atoms with Gasteiger partial charge in [-0.25, -0.2) is 9.78 Å². The fraction of sp³-hybridized carbons (Fsp3) is 0.350. The first kappa shape index (κ1) is 22.2. The maximum atomic E-state index is 12.5. The van der Waals surface area contributed by atoms with Gasteiger partial charge in [0, 0.05) is 36.7 Å². The van der Waals surface area contributed by atoms with Crippen molar-refractivity contribution < 1.29 is 37.3 Å². The lowest BCUT2D eigenvalue weighted by Crippen LogP contribution is -2.39. The first-order chi connectivity index (χ1) is 14.6. The van der Waals surface area contributed by atoms with Crippen LogP contribution in [0.3, 0.4) is 0 Å². The fourth-order valence-electron chi connectivity index (χ4n) is 3.09. The third kappa shape index (κ3) is 6.24. The molecule has 3 rings (SSSR count). The molecule has 0 aliphatic carbocycles. The highest BCUT2D eigenvalue weighted by Gasteiger charge is 2.29. The standard InChI is InChI=1S/C20H20F3N3O5/c1-11(27)25-18-7-16-12(8-24-18)9-31-17-6-14(2-3-15(16)17)30-10-13(26-19(28)29)4-5-20(21,22)23/h2-3,6-8,13,26H,4-5,9-10H2,1H3,(H,28,29)(H,24,25,27). The third-order valence-corrected chi connectivity index (χ3v) is 4.47. The van der Waals surface area contributed by atoms with E-state index in [-0.39, 0.29) is 19.1 Å². The largest absolute Gasteiger partial charge is 0.491 e. The number of anilines is 1. The number of hydrogen-bond donors (Lipinski definition) is 3. The summed E-state index contributed by atoms with van der Waals surface area (Å²) >= 11 is 0. The van der Waals surface area contributed by atoms with Crippen LogP contribution in [0.2, 0.25) is 0 Å². The van der Waals surface area contributed by atoms with E-state index in [1.54, 1.807) is 30.5 Å². The number of carbonyl (C=O) groups is 2. The van der Waals surface area contributed by atoms with Crippen molar-refractivity contribution in [2.24, 2.45) is 0 Å². The van der Waals surface area contributed by atoms with E-state index in [4.69, 9.17) is 14.6 Å². The normalized spacial score (nSPS) is 13.3. The van der Waals surface area contributed by atoms with E-state index in [0.717, 1.165) is 16.7 Å². The number of nitrogens with one attached hydrogen (secondary N) is 2. The van der Waals surface area contributed by atoms with Gasteiger partial charge in [0.05, 0.1) is 6.04 Å². The summed E-state index contributed by atoms with van der Waals surface area (Å²) in [5, 5.41) is 13.5. The highest BCUT2D eigenvalue weighted by molar-refractivity contribution is 5.89. The molecule has 2 aromatic rings. The number of hydrogen-bond acceptors (Lipinski definition) is 5. The van der Waals surface area contributed by atoms with Gasteiger partial charge >= 0.3 is 12.3 Å². The molecule has 0 saturated heterocycles. The minimum absolute atomic E-state index is 0.244. The van der Waals surface area contributed by atoms with Crippen LogP contribution in [0, 0.1) is 0 Å². The molecule has 1 aliphatic rings. The first-order valence-corrected chi connectivity index (χ1v) is 9.33. The molecule has 166 valence electrons. The number of ether oxygens (including phenoxy) is 2. The average Bonchev–Trinajstić information content (AvgIpc) is 2.68. The van der Waals surface area contributed by atoms with Gasteiger partial charge in [0.25, 0.3) is 0 Å². The number of alkyl halides is 3. The van der Waals surface area contributed by atoms with Crippen molar-refractivity contribution in [2.75, 3.05) is 11.9 Å². The van der Waals surface area contributed by atoms with Crippen molar-refractivity contribution in [3.05, 3.63) is 36.0 Å². The Morgan fingerprint density at radius 1 is 1.29 bits per heavy atom. The van der Waals surface area contributed by atoms with Gasteiger partial charge in [0.15, 0.2) is 0 Å². The number of aromatic nitrogens is 1. The molecule has 0 saturated carbocycles. The fourth-order valence-corrected chi connectivity index (χ4v) is 3.09. The zero-order valence-corrected chi connectivity index (χ0v) is 16.5. The molecule has 8 nitrogen and oxygen atoms in total. The molecule has 0 fully saturated rings. The number of fused-ring (bicyclic) bond motifs is 3. The summed E-state index contributed by atoms with van der Waals surface area (Å²) in [6.07, 6.45) is -5.78. The van der Waals surface area contributed by atoms with Gasteiger partial charge in [-0.3, -0.25) is 4.79 Å². The van der Waals surface area contributed by atoms with Gasteiger partial charge in [-0.05, 0) is 30.2 Å². The van der Waals surface area contributed by atoms with Crippen LogP contribution in [-0.2, 0) is 11.4 Å². The van der Waals surface area contributed by atoms with Crippen LogP contribution in [0.5, 0.6) is 11.5 Å². The number of halogens is 3. The Morgan fingerprint density at radius 2 is 2.06 bits per heavy atom. The van der Waals surface area contributed by atoms with E-state index in [1.165, 1.54) is 6.92 Å². The molecule has 0 radical (unpaired) electrons. The Bertz CT molecular complexity index is 981. The molecule has 2 heterocycles. The number of pyridine rings is 1. The third-order valence-electron chi connectivity index (χ3n) is 4.47. The topological polar surface area (TPSA) is 110 Å². The highest BCUT2D eigenvalue weighted by atomic mass is 19.4. The zero-order chi connectivity index (χ0) is 22.6. The van der Waals surface area contributed by atoms with Crippen LogP contribution in [0.4, 0.5) is 23.8 Å². The molecule has 1 aromatic heterocycles. The van der Waals surface area contributed by atoms with Crippen LogP contribution >= 0.6 is 0 Å². The first-order valence-electron chi connectivity index (χ1n) is 9.33. The molecule has 1 unspecified atom stereocenters. The van der Waals surface area contributed by atoms with Crippen LogP contribution in [-0.4, -0.2) is 40.9 Å². The second-order valence-corrected chi connectivity index (χ2v) is 6.97. The predicted molar refractivity (Wildman–Crippen MR) is 104 cm³/mol. The van der Waals surface area contributed by atoms with E-state index in [0.29, 0.717) is 17.3 Å². The van der Waals surface area contributed by atoms with Gasteiger partial charge in [-0.2, -0.15) is 13.2 Å². The SMILES string of the molecule is CC(=O)Nc1cc2c(cn1)COc1cc(OCC(CCC(F)(F)F)NC(=O)O)ccc1-2. The van der Waals surface area contributed by atoms with Crippen LogP contribution in [0.15, 0.2) is 30.5 Å². The van der Waals surface area contributed by atoms with Gasteiger partial charge < -0.3 is 25.2 Å². The summed E-state index contributed by atoms with van der Waals surface area (Å²) in [5.41, 5.74) is 2.38. The summed E-state index contributed by atoms with van der Waals surface area (Å²) in [6.45, 7) is 1.35. The Balaban J connectivity index is 1.73. The van der Waals surface area contributed by atoms with E-state index in [1.807, 2.05) is 5.32 Å². The number of nitrogens with zero attached hydrogens (tertiary/aromatic N) is 1. The summed E-state index contributed by atoms with van der Waals surface area (Å²) in [6, 6.07) is 5.61. The zero-order valence-electron chi connectivity index (χ0n) is 16.5. The van der Waals surface area contributed by atoms with E-state index in [2.05, 4.69) is 10.3 Å². The van der Waals surface area contributed by atoms with Gasteiger partial charge in [0.2, 0.25) is 5.91 Å². The number of benzene rings is 1. The van der Waals surface area contributed by atoms with Crippen LogP contribution in [0.1, 0.15) is 25.3 Å². The predicted octanol–water partition coefficient (Wildman–Crippen LogP) is 3.96. The highest BCUT2D eigenvalue weighted by Crippen LogP contribution is 2.40. The maximum Gasteiger partial charge on any atom is 0.404 e. The number of carboxylic acid groups (broad SMARTS) is 1. The average molecular weight is 439 g/mol. The lowest BCUT2D eigenvalue weighted by atomic mass is 9.98. The molecular formula is C20H20F3N3O5. The second-order valence-electron chi connectivity index (χ2n) is 6.97. The van der Waals surface area contributed by atoms with Gasteiger partial charge in [-0.1, -0.05) is 0 Å². The molecule has 0 spiro atoms. The summed E-state index contributed by atoms with van der Waals surface area (Å²) in [4.78, 5) is 26.3. The minimum Gasteiger partial charge on any atom is -0.491 e. The Labute approximate surface area is 175 Å². The van der Waals surface area contributed by atoms with Crippen molar-refractivity contribution in [1.82, 2.24) is 10.3 Å². The molecule has 11 heteroatoms. The molecule has 1 aromatic carbocycles. The van der Waals surface area contributed by atoms with E-state index >= 15 is 0 Å². The Kier molecular flexibility index (Phi) is 6.52. The summed E-state index contributed by atoms with van der Waals surface area (Å²) in [5.74, 6) is 0.954. The van der Waals surface area contributed by atoms with E-state index in [9.17, 15) is 22.8 Å². The smallest absolute Gasteiger partial charge is 0.404 e. The van der Waals surface area contributed by atoms with Crippen molar-refractivity contribution >= 4 is 17.8 Å². The lowest BCUT2D eigenvalue weighted by Gasteiger charge is -2.23. The van der Waals surface area contributed by atoms with Crippen molar-refractivity contribution in [1.29, 1.82) is 0 Å². The monoisotopic (exact) mass is 439 g/mol. The Morgan fingerprint density at radius 3 is 2.74 bits per heavy atom. The van der Waals surface area contributed by atoms with E-state index < -0.39 is 31.2 Å². The number of amides is 2. The molecule has 1 aliphatic heterocycles. The van der Waals surface area contributed by atoms with Crippen molar-refractivity contribution in [3.8, 4) is 22.6 Å². The van der Waals surface area contributed by atoms with Gasteiger partial charge in [-0.15, -0.1) is 0 Å². The number of rotatable bonds is 7. The van der Waals surface area contributed by atoms with Crippen LogP contribution < -0.4 is 20.1 Å². The summed E-state index contributed by atoms with van der Waals surface area (Å²) in [7, 11) is 0. The molecular weight excluding hydrogens is 419 g/mol. The molecule has 3 N–H and O–H groups in total. The quantitative estimate of drug-likeness (QED) is 0.603. The van der Waals surface area contributed by atoms with Crippen molar-refractivity contribution in [3.63, 3.8) is 0 Å². The molecule has 2 amide bonds. The lowest BCUT2D eigenvalue weighted by molar-refractivity contribution is -0.136. The minimum atomic E-state index is -4.39.